The molecule has 1 amide bonds. The van der Waals surface area contributed by atoms with E-state index in [2.05, 4.69) is 26.0 Å². The van der Waals surface area contributed by atoms with E-state index in [0.29, 0.717) is 12.4 Å². The number of amides is 1. The second kappa shape index (κ2) is 8.53. The molecule has 0 unspecified atom stereocenters. The first-order valence-electron chi connectivity index (χ1n) is 5.83. The Morgan fingerprint density at radius 3 is 2.53 bits per heavy atom. The summed E-state index contributed by atoms with van der Waals surface area (Å²) in [7, 11) is 1.32. The molecule has 0 saturated heterocycles. The first-order chi connectivity index (χ1) is 9.11. The van der Waals surface area contributed by atoms with E-state index in [-0.39, 0.29) is 31.3 Å². The molecule has 5 nitrogen and oxygen atoms in total. The molecule has 1 N–H and O–H groups in total. The number of hydrogen-bond acceptors (Lipinski definition) is 4. The maximum atomic E-state index is 11.4. The molecule has 0 aliphatic heterocycles. The molecule has 1 aromatic carbocycles. The fourth-order valence-corrected chi connectivity index (χ4v) is 1.55. The van der Waals surface area contributed by atoms with Gasteiger partial charge in [0.25, 0.3) is 0 Å². The molecule has 0 spiro atoms. The molecule has 0 saturated carbocycles. The van der Waals surface area contributed by atoms with Crippen molar-refractivity contribution in [3.63, 3.8) is 0 Å². The van der Waals surface area contributed by atoms with Crippen LogP contribution in [-0.4, -0.2) is 32.1 Å². The summed E-state index contributed by atoms with van der Waals surface area (Å²) in [6.07, 6.45) is 0.424. The van der Waals surface area contributed by atoms with Gasteiger partial charge in [-0.25, -0.2) is 0 Å². The lowest BCUT2D eigenvalue weighted by molar-refractivity contribution is -0.140. The zero-order valence-electron chi connectivity index (χ0n) is 10.6. The lowest BCUT2D eigenvalue weighted by Gasteiger charge is -2.07. The smallest absolute Gasteiger partial charge is 0.307 e. The van der Waals surface area contributed by atoms with E-state index in [4.69, 9.17) is 4.74 Å². The third-order valence-corrected chi connectivity index (χ3v) is 2.82. The van der Waals surface area contributed by atoms with Gasteiger partial charge in [0.2, 0.25) is 5.91 Å². The number of methoxy groups -OCH3 is 1. The molecule has 0 heterocycles. The molecular formula is C13H16BrNO4. The predicted octanol–water partition coefficient (Wildman–Crippen LogP) is 1.90. The summed E-state index contributed by atoms with van der Waals surface area (Å²) in [5.41, 5.74) is 0. The molecule has 0 fully saturated rings. The molecule has 0 aromatic heterocycles. The van der Waals surface area contributed by atoms with Crippen molar-refractivity contribution in [2.45, 2.75) is 12.8 Å². The van der Waals surface area contributed by atoms with E-state index in [1.165, 1.54) is 7.11 Å². The third-order valence-electron chi connectivity index (χ3n) is 2.29. The Balaban J connectivity index is 2.13. The van der Waals surface area contributed by atoms with E-state index >= 15 is 0 Å². The summed E-state index contributed by atoms with van der Waals surface area (Å²) in [4.78, 5) is 22.2. The minimum atomic E-state index is -0.341. The van der Waals surface area contributed by atoms with Gasteiger partial charge in [-0.3, -0.25) is 9.59 Å². The average Bonchev–Trinajstić information content (AvgIpc) is 2.41. The molecule has 6 heteroatoms. The van der Waals surface area contributed by atoms with Crippen LogP contribution in [0.3, 0.4) is 0 Å². The average molecular weight is 330 g/mol. The Kier molecular flexibility index (Phi) is 6.95. The molecule has 1 rings (SSSR count). The molecular weight excluding hydrogens is 314 g/mol. The van der Waals surface area contributed by atoms with E-state index in [1.807, 2.05) is 24.3 Å². The molecule has 1 aromatic rings. The largest absolute Gasteiger partial charge is 0.493 e. The first kappa shape index (κ1) is 15.5. The van der Waals surface area contributed by atoms with Crippen molar-refractivity contribution in [1.29, 1.82) is 0 Å². The van der Waals surface area contributed by atoms with Crippen molar-refractivity contribution in [3.8, 4) is 5.75 Å². The highest BCUT2D eigenvalue weighted by atomic mass is 79.9. The zero-order chi connectivity index (χ0) is 14.1. The van der Waals surface area contributed by atoms with Crippen molar-refractivity contribution >= 4 is 27.8 Å². The highest BCUT2D eigenvalue weighted by molar-refractivity contribution is 9.10. The number of halogens is 1. The lowest BCUT2D eigenvalue weighted by Crippen LogP contribution is -2.27. The number of benzene rings is 1. The van der Waals surface area contributed by atoms with Gasteiger partial charge in [-0.05, 0) is 24.3 Å². The van der Waals surface area contributed by atoms with Gasteiger partial charge in [0.1, 0.15) is 5.75 Å². The summed E-state index contributed by atoms with van der Waals surface area (Å²) in [6.45, 7) is 0.579. The lowest BCUT2D eigenvalue weighted by atomic mass is 10.3. The van der Waals surface area contributed by atoms with E-state index in [1.54, 1.807) is 0 Å². The maximum absolute atomic E-state index is 11.4. The number of esters is 1. The zero-order valence-corrected chi connectivity index (χ0v) is 12.2. The SMILES string of the molecule is COC(=O)CCNC(=O)CCOc1ccc(Br)cc1. The van der Waals surface area contributed by atoms with Crippen LogP contribution in [0.1, 0.15) is 12.8 Å². The summed E-state index contributed by atoms with van der Waals surface area (Å²) in [5.74, 6) is 0.220. The van der Waals surface area contributed by atoms with Crippen LogP contribution in [0.4, 0.5) is 0 Å². The number of carbonyl (C=O) groups excluding carboxylic acids is 2. The highest BCUT2D eigenvalue weighted by Crippen LogP contribution is 2.15. The number of nitrogens with one attached hydrogen (secondary N) is 1. The van der Waals surface area contributed by atoms with Gasteiger partial charge >= 0.3 is 5.97 Å². The van der Waals surface area contributed by atoms with Gasteiger partial charge in [-0.2, -0.15) is 0 Å². The second-order valence-electron chi connectivity index (χ2n) is 3.73. The predicted molar refractivity (Wildman–Crippen MR) is 73.9 cm³/mol. The Bertz CT molecular complexity index is 419. The van der Waals surface area contributed by atoms with E-state index in [9.17, 15) is 9.59 Å². The summed E-state index contributed by atoms with van der Waals surface area (Å²) < 4.78 is 10.8. The number of carbonyl (C=O) groups is 2. The number of hydrogen-bond donors (Lipinski definition) is 1. The molecule has 0 aliphatic rings. The van der Waals surface area contributed by atoms with Gasteiger partial charge in [-0.1, -0.05) is 15.9 Å². The minimum absolute atomic E-state index is 0.152. The Morgan fingerprint density at radius 2 is 1.89 bits per heavy atom. The molecule has 0 bridgehead atoms. The van der Waals surface area contributed by atoms with Crippen molar-refractivity contribution < 1.29 is 19.1 Å². The van der Waals surface area contributed by atoms with Crippen molar-refractivity contribution in [2.75, 3.05) is 20.3 Å². The van der Waals surface area contributed by atoms with Gasteiger partial charge in [0, 0.05) is 11.0 Å². The van der Waals surface area contributed by atoms with Crippen LogP contribution in [0, 0.1) is 0 Å². The van der Waals surface area contributed by atoms with Gasteiger partial charge in [0.15, 0.2) is 0 Å². The standard InChI is InChI=1S/C13H16BrNO4/c1-18-13(17)6-8-15-12(16)7-9-19-11-4-2-10(14)3-5-11/h2-5H,6-9H2,1H3,(H,15,16). The normalized spacial score (nSPS) is 9.79. The Morgan fingerprint density at radius 1 is 1.21 bits per heavy atom. The fourth-order valence-electron chi connectivity index (χ4n) is 1.29. The first-order valence-corrected chi connectivity index (χ1v) is 6.63. The summed E-state index contributed by atoms with van der Waals surface area (Å²) in [6, 6.07) is 7.37. The highest BCUT2D eigenvalue weighted by Gasteiger charge is 2.04. The van der Waals surface area contributed by atoms with Crippen molar-refractivity contribution in [3.05, 3.63) is 28.7 Å². The quantitative estimate of drug-likeness (QED) is 0.776. The van der Waals surface area contributed by atoms with Crippen LogP contribution in [0.5, 0.6) is 5.75 Å². The van der Waals surface area contributed by atoms with Gasteiger partial charge in [-0.15, -0.1) is 0 Å². The topological polar surface area (TPSA) is 64.6 Å². The van der Waals surface area contributed by atoms with Crippen molar-refractivity contribution in [2.24, 2.45) is 0 Å². The number of rotatable bonds is 7. The minimum Gasteiger partial charge on any atom is -0.493 e. The second-order valence-corrected chi connectivity index (χ2v) is 4.64. The molecule has 0 aliphatic carbocycles. The Labute approximate surface area is 120 Å². The third kappa shape index (κ3) is 6.81. The summed E-state index contributed by atoms with van der Waals surface area (Å²) >= 11 is 3.33. The monoisotopic (exact) mass is 329 g/mol. The maximum Gasteiger partial charge on any atom is 0.307 e. The van der Waals surface area contributed by atoms with E-state index < -0.39 is 0 Å². The van der Waals surface area contributed by atoms with Crippen LogP contribution >= 0.6 is 15.9 Å². The molecule has 0 atom stereocenters. The van der Waals surface area contributed by atoms with Gasteiger partial charge in [0.05, 0.1) is 26.6 Å². The summed E-state index contributed by atoms with van der Waals surface area (Å²) in [5, 5.41) is 2.62. The number of ether oxygens (including phenoxy) is 2. The molecule has 104 valence electrons. The fraction of sp³-hybridized carbons (Fsp3) is 0.385. The van der Waals surface area contributed by atoms with Crippen LogP contribution < -0.4 is 10.1 Å². The molecule has 0 radical (unpaired) electrons. The Hall–Kier alpha value is -1.56. The van der Waals surface area contributed by atoms with Crippen LogP contribution in [0.15, 0.2) is 28.7 Å². The van der Waals surface area contributed by atoms with Crippen LogP contribution in [0.2, 0.25) is 0 Å². The van der Waals surface area contributed by atoms with Crippen LogP contribution in [0.25, 0.3) is 0 Å². The van der Waals surface area contributed by atoms with Crippen molar-refractivity contribution in [1.82, 2.24) is 5.32 Å². The van der Waals surface area contributed by atoms with E-state index in [0.717, 1.165) is 4.47 Å². The van der Waals surface area contributed by atoms with Gasteiger partial charge < -0.3 is 14.8 Å². The van der Waals surface area contributed by atoms with Crippen LogP contribution in [-0.2, 0) is 14.3 Å². The molecule has 19 heavy (non-hydrogen) atoms.